The summed E-state index contributed by atoms with van der Waals surface area (Å²) in [5.74, 6) is 0.732. The Labute approximate surface area is 145 Å². The van der Waals surface area contributed by atoms with Crippen LogP contribution in [0.4, 0.5) is 0 Å². The van der Waals surface area contributed by atoms with Crippen molar-refractivity contribution in [1.29, 1.82) is 0 Å². The van der Waals surface area contributed by atoms with E-state index < -0.39 is 0 Å². The third kappa shape index (κ3) is 2.89. The second-order valence-electron chi connectivity index (χ2n) is 8.07. The Bertz CT molecular complexity index is 724. The first kappa shape index (κ1) is 16.2. The third-order valence-electron chi connectivity index (χ3n) is 6.09. The van der Waals surface area contributed by atoms with Gasteiger partial charge in [0.2, 0.25) is 0 Å². The van der Waals surface area contributed by atoms with Crippen LogP contribution in [0.3, 0.4) is 0 Å². The SMILES string of the molecule is CCCn1cc(CC(N)C2CCCC2)c2cc3c(cc21)CN(C)C3. The van der Waals surface area contributed by atoms with Gasteiger partial charge in [0, 0.05) is 42.8 Å². The van der Waals surface area contributed by atoms with Gasteiger partial charge in [0.05, 0.1) is 0 Å². The smallest absolute Gasteiger partial charge is 0.0486 e. The Hall–Kier alpha value is -1.32. The van der Waals surface area contributed by atoms with E-state index in [0.29, 0.717) is 6.04 Å². The molecule has 1 aromatic carbocycles. The van der Waals surface area contributed by atoms with Crippen molar-refractivity contribution >= 4 is 10.9 Å². The average Bonchev–Trinajstić information content (AvgIpc) is 3.25. The van der Waals surface area contributed by atoms with Gasteiger partial charge in [-0.05, 0) is 67.5 Å². The number of aromatic nitrogens is 1. The molecule has 3 heteroatoms. The van der Waals surface area contributed by atoms with Crippen molar-refractivity contribution in [2.75, 3.05) is 7.05 Å². The van der Waals surface area contributed by atoms with Crippen LogP contribution < -0.4 is 5.73 Å². The summed E-state index contributed by atoms with van der Waals surface area (Å²) >= 11 is 0. The lowest BCUT2D eigenvalue weighted by atomic mass is 9.92. The van der Waals surface area contributed by atoms with Crippen LogP contribution in [0.15, 0.2) is 18.3 Å². The zero-order valence-electron chi connectivity index (χ0n) is 15.2. The van der Waals surface area contributed by atoms with Crippen molar-refractivity contribution in [1.82, 2.24) is 9.47 Å². The Morgan fingerprint density at radius 2 is 1.88 bits per heavy atom. The van der Waals surface area contributed by atoms with Crippen molar-refractivity contribution in [2.45, 2.75) is 71.1 Å². The lowest BCUT2D eigenvalue weighted by molar-refractivity contribution is 0.353. The fourth-order valence-electron chi connectivity index (χ4n) is 4.82. The Morgan fingerprint density at radius 3 is 2.58 bits per heavy atom. The van der Waals surface area contributed by atoms with Gasteiger partial charge in [-0.2, -0.15) is 0 Å². The van der Waals surface area contributed by atoms with Crippen LogP contribution in [-0.4, -0.2) is 22.6 Å². The third-order valence-corrected chi connectivity index (χ3v) is 6.09. The van der Waals surface area contributed by atoms with Gasteiger partial charge in [-0.1, -0.05) is 19.8 Å². The molecule has 1 aliphatic carbocycles. The molecule has 0 amide bonds. The number of fused-ring (bicyclic) bond motifs is 2. The summed E-state index contributed by atoms with van der Waals surface area (Å²) in [7, 11) is 2.21. The molecule has 1 unspecified atom stereocenters. The zero-order chi connectivity index (χ0) is 16.7. The van der Waals surface area contributed by atoms with E-state index in [9.17, 15) is 0 Å². The van der Waals surface area contributed by atoms with E-state index in [0.717, 1.165) is 32.0 Å². The number of nitrogens with two attached hydrogens (primary N) is 1. The monoisotopic (exact) mass is 325 g/mol. The van der Waals surface area contributed by atoms with Crippen LogP contribution in [0, 0.1) is 5.92 Å². The zero-order valence-corrected chi connectivity index (χ0v) is 15.2. The first-order valence-corrected chi connectivity index (χ1v) is 9.73. The minimum atomic E-state index is 0.323. The first-order valence-electron chi connectivity index (χ1n) is 9.73. The number of rotatable bonds is 5. The molecule has 1 atom stereocenters. The largest absolute Gasteiger partial charge is 0.347 e. The summed E-state index contributed by atoms with van der Waals surface area (Å²) in [4.78, 5) is 2.40. The summed E-state index contributed by atoms with van der Waals surface area (Å²) in [6.07, 6.45) is 10.00. The molecule has 0 saturated heterocycles. The number of benzene rings is 1. The van der Waals surface area contributed by atoms with Crippen LogP contribution >= 0.6 is 0 Å². The Balaban J connectivity index is 1.70. The highest BCUT2D eigenvalue weighted by atomic mass is 15.1. The lowest BCUT2D eigenvalue weighted by Crippen LogP contribution is -2.30. The van der Waals surface area contributed by atoms with Gasteiger partial charge < -0.3 is 10.3 Å². The Morgan fingerprint density at radius 1 is 1.17 bits per heavy atom. The highest BCUT2D eigenvalue weighted by molar-refractivity contribution is 5.86. The quantitative estimate of drug-likeness (QED) is 0.899. The minimum Gasteiger partial charge on any atom is -0.347 e. The van der Waals surface area contributed by atoms with Crippen molar-refractivity contribution in [2.24, 2.45) is 11.7 Å². The van der Waals surface area contributed by atoms with Gasteiger partial charge in [-0.15, -0.1) is 0 Å². The van der Waals surface area contributed by atoms with Crippen LogP contribution in [0.2, 0.25) is 0 Å². The van der Waals surface area contributed by atoms with E-state index in [2.05, 4.69) is 41.8 Å². The summed E-state index contributed by atoms with van der Waals surface area (Å²) < 4.78 is 2.46. The lowest BCUT2D eigenvalue weighted by Gasteiger charge is -2.18. The fraction of sp³-hybridized carbons (Fsp3) is 0.619. The second-order valence-corrected chi connectivity index (χ2v) is 8.07. The molecule has 24 heavy (non-hydrogen) atoms. The molecule has 4 rings (SSSR count). The topological polar surface area (TPSA) is 34.2 Å². The van der Waals surface area contributed by atoms with E-state index >= 15 is 0 Å². The van der Waals surface area contributed by atoms with E-state index in [1.54, 1.807) is 0 Å². The number of hydrogen-bond acceptors (Lipinski definition) is 2. The molecule has 2 aliphatic rings. The summed E-state index contributed by atoms with van der Waals surface area (Å²) in [6, 6.07) is 5.22. The van der Waals surface area contributed by atoms with Gasteiger partial charge in [0.1, 0.15) is 0 Å². The van der Waals surface area contributed by atoms with Crippen molar-refractivity contribution < 1.29 is 0 Å². The molecule has 130 valence electrons. The molecule has 3 nitrogen and oxygen atoms in total. The summed E-state index contributed by atoms with van der Waals surface area (Å²) in [5, 5.41) is 1.45. The van der Waals surface area contributed by atoms with Crippen molar-refractivity contribution in [3.05, 3.63) is 35.0 Å². The van der Waals surface area contributed by atoms with E-state index in [1.165, 1.54) is 59.7 Å². The predicted octanol–water partition coefficient (Wildman–Crippen LogP) is 4.06. The molecular weight excluding hydrogens is 294 g/mol. The molecule has 1 fully saturated rings. The van der Waals surface area contributed by atoms with E-state index in [1.807, 2.05) is 0 Å². The van der Waals surface area contributed by atoms with Crippen LogP contribution in [0.1, 0.15) is 55.7 Å². The molecule has 2 N–H and O–H groups in total. The van der Waals surface area contributed by atoms with Crippen LogP contribution in [0.25, 0.3) is 10.9 Å². The molecule has 0 bridgehead atoms. The number of hydrogen-bond donors (Lipinski definition) is 1. The van der Waals surface area contributed by atoms with Gasteiger partial charge in [-0.25, -0.2) is 0 Å². The maximum absolute atomic E-state index is 6.60. The molecule has 2 heterocycles. The van der Waals surface area contributed by atoms with E-state index in [4.69, 9.17) is 5.73 Å². The summed E-state index contributed by atoms with van der Waals surface area (Å²) in [5.41, 5.74) is 12.5. The molecule has 0 spiro atoms. The van der Waals surface area contributed by atoms with E-state index in [-0.39, 0.29) is 0 Å². The van der Waals surface area contributed by atoms with Crippen LogP contribution in [0.5, 0.6) is 0 Å². The number of aryl methyl sites for hydroxylation is 1. The molecule has 0 radical (unpaired) electrons. The average molecular weight is 326 g/mol. The van der Waals surface area contributed by atoms with Gasteiger partial charge in [0.15, 0.2) is 0 Å². The van der Waals surface area contributed by atoms with Gasteiger partial charge in [-0.3, -0.25) is 4.90 Å². The standard InChI is InChI=1S/C21H31N3/c1-3-8-24-14-18(10-20(22)15-6-4-5-7-15)19-9-16-12-23(2)13-17(16)11-21(19)24/h9,11,14-15,20H,3-8,10,12-13,22H2,1-2H3. The summed E-state index contributed by atoms with van der Waals surface area (Å²) in [6.45, 7) is 5.53. The van der Waals surface area contributed by atoms with Crippen molar-refractivity contribution in [3.63, 3.8) is 0 Å². The van der Waals surface area contributed by atoms with Gasteiger partial charge in [0.25, 0.3) is 0 Å². The van der Waals surface area contributed by atoms with Crippen molar-refractivity contribution in [3.8, 4) is 0 Å². The highest BCUT2D eigenvalue weighted by Crippen LogP contribution is 2.33. The molecule has 2 aromatic rings. The first-order chi connectivity index (χ1) is 11.7. The Kier molecular flexibility index (Phi) is 4.40. The molecule has 1 saturated carbocycles. The minimum absolute atomic E-state index is 0.323. The normalized spacial score (nSPS) is 20.1. The fourth-order valence-corrected chi connectivity index (χ4v) is 4.82. The molecular formula is C21H31N3. The number of nitrogens with zero attached hydrogens (tertiary/aromatic N) is 2. The maximum atomic E-state index is 6.60. The van der Waals surface area contributed by atoms with Crippen LogP contribution in [-0.2, 0) is 26.1 Å². The predicted molar refractivity (Wildman–Crippen MR) is 101 cm³/mol. The maximum Gasteiger partial charge on any atom is 0.0486 e. The molecule has 1 aromatic heterocycles. The highest BCUT2D eigenvalue weighted by Gasteiger charge is 2.24. The van der Waals surface area contributed by atoms with Gasteiger partial charge >= 0.3 is 0 Å². The second kappa shape index (κ2) is 6.53. The molecule has 1 aliphatic heterocycles.